The van der Waals surface area contributed by atoms with E-state index < -0.39 is 10.9 Å². The van der Waals surface area contributed by atoms with E-state index in [0.29, 0.717) is 17.0 Å². The van der Waals surface area contributed by atoms with E-state index in [2.05, 4.69) is 4.98 Å². The van der Waals surface area contributed by atoms with Gasteiger partial charge >= 0.3 is 5.97 Å². The minimum Gasteiger partial charge on any atom is -0.424 e. The molecule has 0 spiro atoms. The van der Waals surface area contributed by atoms with Crippen molar-refractivity contribution in [2.75, 3.05) is 0 Å². The normalized spacial score (nSPS) is 10.9. The standard InChI is InChI=1S/C19H14N2O4/c1-13(22)25-18-4-2-3-15-8-10-16(20-19(15)18)9-5-14-6-11-17(12-7-14)21(23)24/h2-12H,1H3. The van der Waals surface area contributed by atoms with Gasteiger partial charge in [-0.1, -0.05) is 24.3 Å². The molecule has 0 saturated carbocycles. The van der Waals surface area contributed by atoms with E-state index in [1.165, 1.54) is 19.1 Å². The SMILES string of the molecule is CC(=O)Oc1cccc2ccc(C=Cc3ccc([N+](=O)[O-])cc3)nc12. The molecule has 1 aromatic heterocycles. The Hall–Kier alpha value is -3.54. The van der Waals surface area contributed by atoms with Gasteiger partial charge in [0.1, 0.15) is 5.52 Å². The lowest BCUT2D eigenvalue weighted by Crippen LogP contribution is -2.02. The molecule has 3 rings (SSSR count). The predicted octanol–water partition coefficient (Wildman–Crippen LogP) is 4.24. The maximum Gasteiger partial charge on any atom is 0.308 e. The predicted molar refractivity (Wildman–Crippen MR) is 95.1 cm³/mol. The molecule has 0 N–H and O–H groups in total. The Bertz CT molecular complexity index is 978. The first kappa shape index (κ1) is 16.3. The van der Waals surface area contributed by atoms with Gasteiger partial charge in [0.05, 0.1) is 10.6 Å². The van der Waals surface area contributed by atoms with E-state index in [4.69, 9.17) is 4.74 Å². The van der Waals surface area contributed by atoms with Gasteiger partial charge in [0.25, 0.3) is 5.69 Å². The number of para-hydroxylation sites is 1. The topological polar surface area (TPSA) is 82.3 Å². The smallest absolute Gasteiger partial charge is 0.308 e. The van der Waals surface area contributed by atoms with E-state index in [0.717, 1.165) is 10.9 Å². The van der Waals surface area contributed by atoms with Crippen LogP contribution in [0.5, 0.6) is 5.75 Å². The van der Waals surface area contributed by atoms with E-state index in [-0.39, 0.29) is 5.69 Å². The third kappa shape index (κ3) is 3.87. The van der Waals surface area contributed by atoms with Crippen LogP contribution in [0.1, 0.15) is 18.2 Å². The van der Waals surface area contributed by atoms with Gasteiger partial charge in [0.15, 0.2) is 5.75 Å². The van der Waals surface area contributed by atoms with Crippen molar-refractivity contribution >= 4 is 34.7 Å². The Morgan fingerprint density at radius 1 is 1.08 bits per heavy atom. The summed E-state index contributed by atoms with van der Waals surface area (Å²) >= 11 is 0. The summed E-state index contributed by atoms with van der Waals surface area (Å²) in [5.41, 5.74) is 2.15. The van der Waals surface area contributed by atoms with Crippen LogP contribution in [-0.2, 0) is 4.79 Å². The molecule has 0 aliphatic heterocycles. The fourth-order valence-corrected chi connectivity index (χ4v) is 2.35. The molecule has 25 heavy (non-hydrogen) atoms. The maximum absolute atomic E-state index is 11.2. The number of pyridine rings is 1. The maximum atomic E-state index is 11.2. The van der Waals surface area contributed by atoms with Gasteiger partial charge in [-0.25, -0.2) is 4.98 Å². The van der Waals surface area contributed by atoms with Gasteiger partial charge in [-0.05, 0) is 35.9 Å². The number of nitro groups is 1. The van der Waals surface area contributed by atoms with Gasteiger partial charge in [-0.3, -0.25) is 14.9 Å². The van der Waals surface area contributed by atoms with Crippen molar-refractivity contribution in [1.29, 1.82) is 0 Å². The van der Waals surface area contributed by atoms with E-state index in [1.807, 2.05) is 24.3 Å². The summed E-state index contributed by atoms with van der Waals surface area (Å²) in [6, 6.07) is 15.4. The molecule has 0 atom stereocenters. The van der Waals surface area contributed by atoms with Crippen molar-refractivity contribution in [3.05, 3.63) is 76.0 Å². The zero-order valence-corrected chi connectivity index (χ0v) is 13.4. The van der Waals surface area contributed by atoms with Crippen molar-refractivity contribution in [2.45, 2.75) is 6.92 Å². The molecule has 3 aromatic rings. The third-order valence-electron chi connectivity index (χ3n) is 3.51. The van der Waals surface area contributed by atoms with Crippen LogP contribution in [0.4, 0.5) is 5.69 Å². The number of nitrogens with zero attached hydrogens (tertiary/aromatic N) is 2. The van der Waals surface area contributed by atoms with Gasteiger partial charge in [-0.15, -0.1) is 0 Å². The molecule has 0 bridgehead atoms. The number of esters is 1. The van der Waals surface area contributed by atoms with Crippen LogP contribution in [0.25, 0.3) is 23.1 Å². The monoisotopic (exact) mass is 334 g/mol. The van der Waals surface area contributed by atoms with Crippen LogP contribution in [0.2, 0.25) is 0 Å². The van der Waals surface area contributed by atoms with Crippen LogP contribution < -0.4 is 4.74 Å². The average Bonchev–Trinajstić information content (AvgIpc) is 2.60. The highest BCUT2D eigenvalue weighted by molar-refractivity contribution is 5.88. The Balaban J connectivity index is 1.90. The minimum absolute atomic E-state index is 0.0482. The first-order chi connectivity index (χ1) is 12.0. The molecule has 124 valence electrons. The number of non-ortho nitro benzene ring substituents is 1. The summed E-state index contributed by atoms with van der Waals surface area (Å²) in [6.45, 7) is 1.34. The second-order valence-electron chi connectivity index (χ2n) is 5.34. The number of ether oxygens (including phenoxy) is 1. The highest BCUT2D eigenvalue weighted by Crippen LogP contribution is 2.24. The summed E-state index contributed by atoms with van der Waals surface area (Å²) in [5.74, 6) is 0.0108. The molecule has 0 aliphatic rings. The van der Waals surface area contributed by atoms with E-state index in [1.54, 1.807) is 30.3 Å². The number of aromatic nitrogens is 1. The summed E-state index contributed by atoms with van der Waals surface area (Å²) < 4.78 is 5.19. The fourth-order valence-electron chi connectivity index (χ4n) is 2.35. The Morgan fingerprint density at radius 3 is 2.52 bits per heavy atom. The van der Waals surface area contributed by atoms with Gasteiger partial charge in [0.2, 0.25) is 0 Å². The fraction of sp³-hybridized carbons (Fsp3) is 0.0526. The summed E-state index contributed by atoms with van der Waals surface area (Å²) in [5, 5.41) is 11.5. The third-order valence-corrected chi connectivity index (χ3v) is 3.51. The van der Waals surface area contributed by atoms with Crippen molar-refractivity contribution in [3.63, 3.8) is 0 Å². The largest absolute Gasteiger partial charge is 0.424 e. The number of hydrogen-bond donors (Lipinski definition) is 0. The number of carbonyl (C=O) groups is 1. The first-order valence-electron chi connectivity index (χ1n) is 7.54. The number of hydrogen-bond acceptors (Lipinski definition) is 5. The molecular weight excluding hydrogens is 320 g/mol. The molecule has 0 fully saturated rings. The number of carbonyl (C=O) groups excluding carboxylic acids is 1. The van der Waals surface area contributed by atoms with Crippen LogP contribution >= 0.6 is 0 Å². The molecule has 6 nitrogen and oxygen atoms in total. The van der Waals surface area contributed by atoms with Crippen molar-refractivity contribution < 1.29 is 14.5 Å². The molecule has 0 radical (unpaired) electrons. The van der Waals surface area contributed by atoms with E-state index >= 15 is 0 Å². The van der Waals surface area contributed by atoms with Crippen LogP contribution in [0, 0.1) is 10.1 Å². The van der Waals surface area contributed by atoms with Crippen LogP contribution in [0.15, 0.2) is 54.6 Å². The lowest BCUT2D eigenvalue weighted by Gasteiger charge is -2.06. The molecule has 1 heterocycles. The summed E-state index contributed by atoms with van der Waals surface area (Å²) in [4.78, 5) is 26.0. The van der Waals surface area contributed by atoms with Gasteiger partial charge < -0.3 is 4.74 Å². The zero-order chi connectivity index (χ0) is 17.8. The Morgan fingerprint density at radius 2 is 1.84 bits per heavy atom. The van der Waals surface area contributed by atoms with E-state index in [9.17, 15) is 14.9 Å². The zero-order valence-electron chi connectivity index (χ0n) is 13.4. The number of nitro benzene ring substituents is 1. The number of benzene rings is 2. The van der Waals surface area contributed by atoms with Gasteiger partial charge in [-0.2, -0.15) is 0 Å². The summed E-state index contributed by atoms with van der Waals surface area (Å²) in [7, 11) is 0. The minimum atomic E-state index is -0.436. The molecule has 0 saturated heterocycles. The number of fused-ring (bicyclic) bond motifs is 1. The summed E-state index contributed by atoms with van der Waals surface area (Å²) in [6.07, 6.45) is 3.61. The molecule has 0 unspecified atom stereocenters. The van der Waals surface area contributed by atoms with Crippen molar-refractivity contribution in [1.82, 2.24) is 4.98 Å². The van der Waals surface area contributed by atoms with Crippen molar-refractivity contribution in [2.24, 2.45) is 0 Å². The molecule has 6 heteroatoms. The molecular formula is C19H14N2O4. The van der Waals surface area contributed by atoms with Gasteiger partial charge in [0, 0.05) is 24.4 Å². The Labute approximate surface area is 143 Å². The first-order valence-corrected chi connectivity index (χ1v) is 7.54. The lowest BCUT2D eigenvalue weighted by atomic mass is 10.1. The van der Waals surface area contributed by atoms with Crippen molar-refractivity contribution in [3.8, 4) is 5.75 Å². The number of rotatable bonds is 4. The molecule has 0 amide bonds. The highest BCUT2D eigenvalue weighted by Gasteiger charge is 2.06. The van der Waals surface area contributed by atoms with Crippen LogP contribution in [-0.4, -0.2) is 15.9 Å². The molecule has 0 aliphatic carbocycles. The molecule has 2 aromatic carbocycles. The lowest BCUT2D eigenvalue weighted by molar-refractivity contribution is -0.384. The second kappa shape index (κ2) is 6.92. The second-order valence-corrected chi connectivity index (χ2v) is 5.34. The quantitative estimate of drug-likeness (QED) is 0.308. The average molecular weight is 334 g/mol. The highest BCUT2D eigenvalue weighted by atomic mass is 16.6. The van der Waals surface area contributed by atoms with Crippen LogP contribution in [0.3, 0.4) is 0 Å². The Kier molecular flexibility index (Phi) is 4.52.